The topological polar surface area (TPSA) is 35.5 Å². The standard InChI is InChI=1S/C7H8O3S/c8-7-9-5-3-1-2-4(11-3)6(5)10-7/h3-6H,1-2H2/t3-,4?,5?,6?/m1/s1. The smallest absolute Gasteiger partial charge is 0.426 e. The van der Waals surface area contributed by atoms with Gasteiger partial charge < -0.3 is 9.47 Å². The highest BCUT2D eigenvalue weighted by atomic mass is 32.2. The van der Waals surface area contributed by atoms with Gasteiger partial charge in [-0.3, -0.25) is 0 Å². The van der Waals surface area contributed by atoms with Crippen molar-refractivity contribution in [2.45, 2.75) is 35.5 Å². The summed E-state index contributed by atoms with van der Waals surface area (Å²) in [6.45, 7) is 0. The number of thioether (sulfide) groups is 1. The van der Waals surface area contributed by atoms with Crippen molar-refractivity contribution in [2.24, 2.45) is 0 Å². The molecule has 3 nitrogen and oxygen atoms in total. The molecular formula is C7H8O3S. The molecule has 11 heavy (non-hydrogen) atoms. The van der Waals surface area contributed by atoms with Crippen LogP contribution in [0.1, 0.15) is 12.8 Å². The molecule has 0 radical (unpaired) electrons. The third-order valence-electron chi connectivity index (χ3n) is 2.61. The summed E-state index contributed by atoms with van der Waals surface area (Å²) >= 11 is 1.92. The average molecular weight is 172 g/mol. The van der Waals surface area contributed by atoms with Gasteiger partial charge in [-0.05, 0) is 12.8 Å². The summed E-state index contributed by atoms with van der Waals surface area (Å²) in [6, 6.07) is 0. The lowest BCUT2D eigenvalue weighted by Gasteiger charge is -2.17. The lowest BCUT2D eigenvalue weighted by atomic mass is 9.95. The molecule has 3 fully saturated rings. The van der Waals surface area contributed by atoms with Gasteiger partial charge in [0.15, 0.2) is 12.2 Å². The highest BCUT2D eigenvalue weighted by Crippen LogP contribution is 2.50. The van der Waals surface area contributed by atoms with E-state index in [9.17, 15) is 4.79 Å². The lowest BCUT2D eigenvalue weighted by molar-refractivity contribution is 0.116. The number of fused-ring (bicyclic) bond motifs is 5. The molecule has 0 spiro atoms. The maximum atomic E-state index is 10.7. The van der Waals surface area contributed by atoms with E-state index >= 15 is 0 Å². The van der Waals surface area contributed by atoms with Crippen molar-refractivity contribution in [3.05, 3.63) is 0 Å². The van der Waals surface area contributed by atoms with E-state index in [4.69, 9.17) is 9.47 Å². The molecular weight excluding hydrogens is 164 g/mol. The molecule has 0 aromatic rings. The molecule has 4 heteroatoms. The summed E-state index contributed by atoms with van der Waals surface area (Å²) in [5.74, 6) is 0. The van der Waals surface area contributed by atoms with E-state index in [-0.39, 0.29) is 12.2 Å². The molecule has 3 saturated heterocycles. The van der Waals surface area contributed by atoms with Gasteiger partial charge in [0, 0.05) is 10.5 Å². The molecule has 3 unspecified atom stereocenters. The Labute approximate surface area is 68.4 Å². The van der Waals surface area contributed by atoms with E-state index in [0.29, 0.717) is 10.5 Å². The number of hydrogen-bond acceptors (Lipinski definition) is 4. The quantitative estimate of drug-likeness (QED) is 0.514. The minimum atomic E-state index is -0.461. The summed E-state index contributed by atoms with van der Waals surface area (Å²) in [6.07, 6.45) is 2.06. The Kier molecular flexibility index (Phi) is 1.04. The van der Waals surface area contributed by atoms with Crippen LogP contribution in [0, 0.1) is 0 Å². The van der Waals surface area contributed by atoms with E-state index in [1.165, 1.54) is 12.8 Å². The predicted octanol–water partition coefficient (Wildman–Crippen LogP) is 1.17. The Morgan fingerprint density at radius 1 is 1.18 bits per heavy atom. The molecule has 0 aromatic carbocycles. The fourth-order valence-electron chi connectivity index (χ4n) is 2.13. The molecule has 60 valence electrons. The Bertz CT molecular complexity index is 198. The van der Waals surface area contributed by atoms with Crippen LogP contribution in [-0.4, -0.2) is 28.9 Å². The fourth-order valence-corrected chi connectivity index (χ4v) is 3.86. The van der Waals surface area contributed by atoms with Gasteiger partial charge in [0.1, 0.15) is 0 Å². The summed E-state index contributed by atoms with van der Waals surface area (Å²) in [5, 5.41) is 1.05. The second-order valence-corrected chi connectivity index (χ2v) is 4.69. The molecule has 3 rings (SSSR count). The summed E-state index contributed by atoms with van der Waals surface area (Å²) in [7, 11) is 0. The van der Waals surface area contributed by atoms with Crippen molar-refractivity contribution in [3.8, 4) is 0 Å². The third-order valence-corrected chi connectivity index (χ3v) is 4.31. The predicted molar refractivity (Wildman–Crippen MR) is 39.5 cm³/mol. The van der Waals surface area contributed by atoms with Gasteiger partial charge >= 0.3 is 6.16 Å². The molecule has 0 aromatic heterocycles. The molecule has 3 aliphatic rings. The van der Waals surface area contributed by atoms with Crippen LogP contribution in [0.2, 0.25) is 0 Å². The van der Waals surface area contributed by atoms with Crippen LogP contribution in [0.3, 0.4) is 0 Å². The molecule has 0 aliphatic carbocycles. The van der Waals surface area contributed by atoms with Crippen LogP contribution in [0.5, 0.6) is 0 Å². The maximum absolute atomic E-state index is 10.7. The normalized spacial score (nSPS) is 52.2. The zero-order chi connectivity index (χ0) is 7.42. The Hall–Kier alpha value is -0.380. The van der Waals surface area contributed by atoms with Crippen molar-refractivity contribution < 1.29 is 14.3 Å². The summed E-state index contributed by atoms with van der Waals surface area (Å²) in [4.78, 5) is 10.7. The molecule has 0 N–H and O–H groups in total. The number of hydrogen-bond donors (Lipinski definition) is 0. The van der Waals surface area contributed by atoms with Gasteiger partial charge in [-0.1, -0.05) is 0 Å². The van der Waals surface area contributed by atoms with Crippen LogP contribution in [0.15, 0.2) is 0 Å². The van der Waals surface area contributed by atoms with Gasteiger partial charge in [-0.2, -0.15) is 0 Å². The zero-order valence-electron chi connectivity index (χ0n) is 5.86. The first kappa shape index (κ1) is 6.17. The number of rotatable bonds is 0. The molecule has 3 heterocycles. The van der Waals surface area contributed by atoms with Crippen molar-refractivity contribution in [1.82, 2.24) is 0 Å². The average Bonchev–Trinajstić information content (AvgIpc) is 2.53. The minimum absolute atomic E-state index is 0.0752. The monoisotopic (exact) mass is 172 g/mol. The summed E-state index contributed by atoms with van der Waals surface area (Å²) in [5.41, 5.74) is 0. The van der Waals surface area contributed by atoms with Gasteiger partial charge in [-0.15, -0.1) is 11.8 Å². The van der Waals surface area contributed by atoms with E-state index in [1.807, 2.05) is 11.8 Å². The minimum Gasteiger partial charge on any atom is -0.426 e. The Morgan fingerprint density at radius 3 is 2.27 bits per heavy atom. The second kappa shape index (κ2) is 1.86. The third kappa shape index (κ3) is 0.682. The van der Waals surface area contributed by atoms with Crippen LogP contribution < -0.4 is 0 Å². The van der Waals surface area contributed by atoms with Gasteiger partial charge in [0.25, 0.3) is 0 Å². The first-order chi connectivity index (χ1) is 5.34. The highest BCUT2D eigenvalue weighted by molar-refractivity contribution is 8.01. The van der Waals surface area contributed by atoms with E-state index < -0.39 is 6.16 Å². The first-order valence-corrected chi connectivity index (χ1v) is 4.81. The molecule has 0 saturated carbocycles. The van der Waals surface area contributed by atoms with Crippen molar-refractivity contribution >= 4 is 17.9 Å². The van der Waals surface area contributed by atoms with Crippen molar-refractivity contribution in [3.63, 3.8) is 0 Å². The van der Waals surface area contributed by atoms with Crippen LogP contribution >= 0.6 is 11.8 Å². The first-order valence-electron chi connectivity index (χ1n) is 3.87. The van der Waals surface area contributed by atoms with E-state index in [1.54, 1.807) is 0 Å². The van der Waals surface area contributed by atoms with E-state index in [2.05, 4.69) is 0 Å². The van der Waals surface area contributed by atoms with Gasteiger partial charge in [-0.25, -0.2) is 4.79 Å². The zero-order valence-corrected chi connectivity index (χ0v) is 6.67. The van der Waals surface area contributed by atoms with Crippen molar-refractivity contribution in [1.29, 1.82) is 0 Å². The van der Waals surface area contributed by atoms with Crippen LogP contribution in [0.25, 0.3) is 0 Å². The Morgan fingerprint density at radius 2 is 1.73 bits per heavy atom. The largest absolute Gasteiger partial charge is 0.509 e. The molecule has 2 bridgehead atoms. The molecule has 4 atom stereocenters. The SMILES string of the molecule is O=C1OC2C3CC[C@@H](S3)C2O1. The van der Waals surface area contributed by atoms with Crippen molar-refractivity contribution in [2.75, 3.05) is 0 Å². The maximum Gasteiger partial charge on any atom is 0.509 e. The number of carbonyl (C=O) groups excluding carboxylic acids is 1. The highest BCUT2D eigenvalue weighted by Gasteiger charge is 2.56. The number of carbonyl (C=O) groups is 1. The van der Waals surface area contributed by atoms with E-state index in [0.717, 1.165) is 0 Å². The molecule has 0 amide bonds. The fraction of sp³-hybridized carbons (Fsp3) is 0.857. The lowest BCUT2D eigenvalue weighted by Crippen LogP contribution is -2.33. The van der Waals surface area contributed by atoms with Gasteiger partial charge in [0.2, 0.25) is 0 Å². The second-order valence-electron chi connectivity index (χ2n) is 3.21. The van der Waals surface area contributed by atoms with Crippen LogP contribution in [-0.2, 0) is 9.47 Å². The van der Waals surface area contributed by atoms with Gasteiger partial charge in [0.05, 0.1) is 0 Å². The number of ether oxygens (including phenoxy) is 2. The Balaban J connectivity index is 1.92. The molecule has 3 aliphatic heterocycles. The van der Waals surface area contributed by atoms with Crippen LogP contribution in [0.4, 0.5) is 4.79 Å². The summed E-state index contributed by atoms with van der Waals surface area (Å²) < 4.78 is 10.1.